The van der Waals surface area contributed by atoms with Crippen LogP contribution in [0.5, 0.6) is 5.75 Å². The third-order valence-electron chi connectivity index (χ3n) is 3.30. The Bertz CT molecular complexity index is 938. The monoisotopic (exact) mass is 306 g/mol. The zero-order chi connectivity index (χ0) is 16.2. The van der Waals surface area contributed by atoms with Gasteiger partial charge in [-0.2, -0.15) is 0 Å². The Balaban J connectivity index is 2.09. The zero-order valence-corrected chi connectivity index (χ0v) is 11.7. The van der Waals surface area contributed by atoms with Gasteiger partial charge < -0.3 is 5.11 Å². The second kappa shape index (κ2) is 6.10. The van der Waals surface area contributed by atoms with Crippen molar-refractivity contribution in [3.63, 3.8) is 0 Å². The molecule has 0 heterocycles. The molecule has 3 rings (SSSR count). The Morgan fingerprint density at radius 1 is 0.783 bits per heavy atom. The summed E-state index contributed by atoms with van der Waals surface area (Å²) >= 11 is 0. The minimum absolute atomic E-state index is 0.0285. The van der Waals surface area contributed by atoms with Gasteiger partial charge in [0, 0.05) is 5.39 Å². The second-order valence-electron chi connectivity index (χ2n) is 4.71. The molecule has 23 heavy (non-hydrogen) atoms. The third kappa shape index (κ3) is 2.80. The molecule has 0 radical (unpaired) electrons. The van der Waals surface area contributed by atoms with Gasteiger partial charge in [0.15, 0.2) is 0 Å². The molecule has 0 saturated heterocycles. The fourth-order valence-electron chi connectivity index (χ4n) is 2.18. The fraction of sp³-hybridized carbons (Fsp3) is 0. The summed E-state index contributed by atoms with van der Waals surface area (Å²) in [5.41, 5.74) is 0.495. The maximum Gasteiger partial charge on any atom is 0.143 e. The predicted molar refractivity (Wildman–Crippen MR) is 87.1 cm³/mol. The van der Waals surface area contributed by atoms with Crippen LogP contribution in [0.15, 0.2) is 75.2 Å². The van der Waals surface area contributed by atoms with Gasteiger partial charge in [-0.1, -0.05) is 30.3 Å². The number of nitrogens with zero attached hydrogens (tertiary/aromatic N) is 4. The Morgan fingerprint density at radius 3 is 2.39 bits per heavy atom. The van der Waals surface area contributed by atoms with E-state index < -0.39 is 0 Å². The van der Waals surface area contributed by atoms with Gasteiger partial charge >= 0.3 is 0 Å². The van der Waals surface area contributed by atoms with E-state index in [4.69, 9.17) is 0 Å². The van der Waals surface area contributed by atoms with Crippen molar-refractivity contribution in [3.8, 4) is 5.75 Å². The van der Waals surface area contributed by atoms with Crippen molar-refractivity contribution in [2.24, 2.45) is 20.6 Å². The number of rotatable bonds is 4. The summed E-state index contributed by atoms with van der Waals surface area (Å²) in [6.07, 6.45) is 0. The van der Waals surface area contributed by atoms with Crippen LogP contribution in [0.2, 0.25) is 0 Å². The molecule has 0 aliphatic carbocycles. The van der Waals surface area contributed by atoms with Gasteiger partial charge in [-0.25, -0.2) is 0 Å². The highest BCUT2D eigenvalue weighted by molar-refractivity contribution is 5.95. The summed E-state index contributed by atoms with van der Waals surface area (Å²) in [4.78, 5) is 21.3. The van der Waals surface area contributed by atoms with E-state index in [2.05, 4.69) is 20.6 Å². The Kier molecular flexibility index (Phi) is 3.84. The Morgan fingerprint density at radius 2 is 1.61 bits per heavy atom. The van der Waals surface area contributed by atoms with Crippen LogP contribution in [0, 0.1) is 9.81 Å². The van der Waals surface area contributed by atoms with Crippen molar-refractivity contribution in [2.75, 3.05) is 0 Å². The Labute approximate surface area is 130 Å². The van der Waals surface area contributed by atoms with Gasteiger partial charge in [-0.3, -0.25) is 0 Å². The van der Waals surface area contributed by atoms with Crippen molar-refractivity contribution in [1.29, 1.82) is 0 Å². The lowest BCUT2D eigenvalue weighted by atomic mass is 10.1. The number of phenols is 1. The summed E-state index contributed by atoms with van der Waals surface area (Å²) in [5, 5.41) is 25.2. The third-order valence-corrected chi connectivity index (χ3v) is 3.30. The first-order valence-corrected chi connectivity index (χ1v) is 6.66. The largest absolute Gasteiger partial charge is 0.506 e. The van der Waals surface area contributed by atoms with Gasteiger partial charge in [-0.15, -0.1) is 20.0 Å². The summed E-state index contributed by atoms with van der Waals surface area (Å²) in [7, 11) is 0. The number of phenolic OH excluding ortho intramolecular Hbond substituents is 1. The van der Waals surface area contributed by atoms with Crippen molar-refractivity contribution < 1.29 is 5.11 Å². The van der Waals surface area contributed by atoms with Crippen LogP contribution in [0.25, 0.3) is 10.8 Å². The first kappa shape index (κ1) is 14.5. The molecule has 0 bridgehead atoms. The summed E-state index contributed by atoms with van der Waals surface area (Å²) < 4.78 is 0. The molecule has 0 aromatic heterocycles. The smallest absolute Gasteiger partial charge is 0.143 e. The molecule has 0 atom stereocenters. The maximum atomic E-state index is 10.8. The van der Waals surface area contributed by atoms with Crippen LogP contribution in [-0.4, -0.2) is 5.11 Å². The van der Waals surface area contributed by atoms with Crippen LogP contribution in [0.4, 0.5) is 22.7 Å². The molecule has 0 aliphatic heterocycles. The molecule has 0 fully saturated rings. The quantitative estimate of drug-likeness (QED) is 0.489. The minimum atomic E-state index is -0.0504. The summed E-state index contributed by atoms with van der Waals surface area (Å²) in [6.45, 7) is 0. The lowest BCUT2D eigenvalue weighted by Gasteiger charge is -2.03. The van der Waals surface area contributed by atoms with Crippen molar-refractivity contribution in [2.45, 2.75) is 0 Å². The normalized spacial score (nSPS) is 11.0. The molecule has 3 aromatic rings. The van der Waals surface area contributed by atoms with Gasteiger partial charge in [-0.05, 0) is 40.0 Å². The highest BCUT2D eigenvalue weighted by Gasteiger charge is 2.08. The zero-order valence-electron chi connectivity index (χ0n) is 11.7. The number of fused-ring (bicyclic) bond motifs is 1. The second-order valence-corrected chi connectivity index (χ2v) is 4.71. The van der Waals surface area contributed by atoms with E-state index in [1.165, 1.54) is 24.3 Å². The van der Waals surface area contributed by atoms with E-state index in [9.17, 15) is 14.9 Å². The molecule has 0 amide bonds. The van der Waals surface area contributed by atoms with E-state index in [1.54, 1.807) is 6.07 Å². The first-order chi connectivity index (χ1) is 11.2. The molecule has 7 nitrogen and oxygen atoms in total. The molecule has 1 N–H and O–H groups in total. The average Bonchev–Trinajstić information content (AvgIpc) is 2.60. The Hall–Kier alpha value is -3.48. The van der Waals surface area contributed by atoms with Crippen LogP contribution in [0.3, 0.4) is 0 Å². The molecule has 112 valence electrons. The van der Waals surface area contributed by atoms with E-state index in [0.717, 1.165) is 10.8 Å². The maximum absolute atomic E-state index is 10.8. The summed E-state index contributed by atoms with van der Waals surface area (Å²) in [6, 6.07) is 14.7. The van der Waals surface area contributed by atoms with E-state index in [-0.39, 0.29) is 28.5 Å². The van der Waals surface area contributed by atoms with Gasteiger partial charge in [0.05, 0.1) is 0 Å². The van der Waals surface area contributed by atoms with Crippen molar-refractivity contribution in [3.05, 3.63) is 64.4 Å². The van der Waals surface area contributed by atoms with Crippen LogP contribution in [-0.2, 0) is 0 Å². The lowest BCUT2D eigenvalue weighted by molar-refractivity contribution is 0.477. The standard InChI is InChI=1S/C16H10N4O3/c21-15-8-5-10-3-1-2-4-12(10)16(15)18-17-13-7-6-11(19-22)9-14(13)20-23/h1-9,21H/b18-17+. The van der Waals surface area contributed by atoms with Crippen LogP contribution in [0.1, 0.15) is 0 Å². The molecule has 0 spiro atoms. The molecular formula is C16H10N4O3. The van der Waals surface area contributed by atoms with E-state index >= 15 is 0 Å². The van der Waals surface area contributed by atoms with Crippen molar-refractivity contribution in [1.82, 2.24) is 0 Å². The molecule has 0 unspecified atom stereocenters. The van der Waals surface area contributed by atoms with E-state index in [0.29, 0.717) is 0 Å². The number of hydrogen-bond acceptors (Lipinski definition) is 7. The fourth-order valence-corrected chi connectivity index (χ4v) is 2.18. The number of nitroso groups, excluding NO2 is 2. The molecule has 3 aromatic carbocycles. The topological polar surface area (TPSA) is 104 Å². The molecular weight excluding hydrogens is 296 g/mol. The van der Waals surface area contributed by atoms with Gasteiger partial charge in [0.1, 0.15) is 28.5 Å². The number of benzene rings is 3. The number of hydrogen-bond donors (Lipinski definition) is 1. The van der Waals surface area contributed by atoms with Crippen molar-refractivity contribution >= 4 is 33.5 Å². The minimum Gasteiger partial charge on any atom is -0.506 e. The summed E-state index contributed by atoms with van der Waals surface area (Å²) in [5.74, 6) is -0.0285. The molecule has 0 aliphatic rings. The number of aromatic hydroxyl groups is 1. The molecule has 0 saturated carbocycles. The predicted octanol–water partition coefficient (Wildman–Crippen LogP) is 5.76. The molecule has 7 heteroatoms. The van der Waals surface area contributed by atoms with Crippen LogP contribution >= 0.6 is 0 Å². The highest BCUT2D eigenvalue weighted by atomic mass is 16.3. The van der Waals surface area contributed by atoms with E-state index in [1.807, 2.05) is 24.3 Å². The number of azo groups is 1. The first-order valence-electron chi connectivity index (χ1n) is 6.66. The average molecular weight is 306 g/mol. The van der Waals surface area contributed by atoms with Gasteiger partial charge in [0.25, 0.3) is 0 Å². The lowest BCUT2D eigenvalue weighted by Crippen LogP contribution is -1.75. The highest BCUT2D eigenvalue weighted by Crippen LogP contribution is 2.38. The van der Waals surface area contributed by atoms with Crippen LogP contribution < -0.4 is 0 Å². The van der Waals surface area contributed by atoms with Gasteiger partial charge in [0.2, 0.25) is 0 Å². The SMILES string of the molecule is O=Nc1ccc(/N=N/c2c(O)ccc3ccccc23)c(N=O)c1.